The van der Waals surface area contributed by atoms with Crippen LogP contribution in [0.2, 0.25) is 0 Å². The minimum Gasteiger partial charge on any atom is -0.421 e. The van der Waals surface area contributed by atoms with Crippen molar-refractivity contribution in [2.24, 2.45) is 5.73 Å². The van der Waals surface area contributed by atoms with Gasteiger partial charge < -0.3 is 10.2 Å². The number of aryl methyl sites for hydroxylation is 1. The Balaban J connectivity index is 2.34. The Morgan fingerprint density at radius 3 is 2.60 bits per heavy atom. The van der Waals surface area contributed by atoms with E-state index in [1.165, 1.54) is 0 Å². The third kappa shape index (κ3) is 3.13. The lowest BCUT2D eigenvalue weighted by atomic mass is 10.1. The first-order chi connectivity index (χ1) is 9.41. The number of hydrogen-bond acceptors (Lipinski definition) is 4. The predicted molar refractivity (Wildman–Crippen MR) is 62.1 cm³/mol. The van der Waals surface area contributed by atoms with Gasteiger partial charge in [-0.1, -0.05) is 0 Å². The Kier molecular flexibility index (Phi) is 4.03. The van der Waals surface area contributed by atoms with Crippen LogP contribution in [0.25, 0.3) is 11.5 Å². The van der Waals surface area contributed by atoms with Gasteiger partial charge in [-0.2, -0.15) is 13.2 Å². The van der Waals surface area contributed by atoms with E-state index in [0.29, 0.717) is 31.5 Å². The van der Waals surface area contributed by atoms with Gasteiger partial charge in [0, 0.05) is 6.42 Å². The number of halogens is 4. The lowest BCUT2D eigenvalue weighted by molar-refractivity contribution is -0.137. The molecule has 0 unspecified atom stereocenters. The normalized spacial score (nSPS) is 11.8. The number of hydrogen-bond donors (Lipinski definition) is 1. The van der Waals surface area contributed by atoms with Crippen LogP contribution in [-0.2, 0) is 12.6 Å². The van der Waals surface area contributed by atoms with E-state index in [1.807, 2.05) is 0 Å². The molecule has 0 amide bonds. The maximum atomic E-state index is 13.6. The fraction of sp³-hybridized carbons (Fsp3) is 0.333. The van der Waals surface area contributed by atoms with Crippen LogP contribution >= 0.6 is 0 Å². The number of aromatic nitrogens is 2. The summed E-state index contributed by atoms with van der Waals surface area (Å²) in [5.74, 6) is -0.921. The number of alkyl halides is 3. The molecule has 20 heavy (non-hydrogen) atoms. The maximum Gasteiger partial charge on any atom is 0.416 e. The van der Waals surface area contributed by atoms with Crippen LogP contribution in [0.4, 0.5) is 17.6 Å². The van der Waals surface area contributed by atoms with Crippen molar-refractivity contribution >= 4 is 0 Å². The van der Waals surface area contributed by atoms with Crippen molar-refractivity contribution in [1.29, 1.82) is 0 Å². The first-order valence-electron chi connectivity index (χ1n) is 5.81. The van der Waals surface area contributed by atoms with Crippen LogP contribution in [0, 0.1) is 5.82 Å². The molecule has 0 aliphatic carbocycles. The molecule has 0 radical (unpaired) electrons. The van der Waals surface area contributed by atoms with Crippen LogP contribution in [0.1, 0.15) is 17.9 Å². The summed E-state index contributed by atoms with van der Waals surface area (Å²) in [7, 11) is 0. The Labute approximate surface area is 111 Å². The average Bonchev–Trinajstić information content (AvgIpc) is 2.84. The van der Waals surface area contributed by atoms with Crippen molar-refractivity contribution in [3.63, 3.8) is 0 Å². The molecule has 0 bridgehead atoms. The van der Waals surface area contributed by atoms with E-state index in [9.17, 15) is 17.6 Å². The summed E-state index contributed by atoms with van der Waals surface area (Å²) >= 11 is 0. The Bertz CT molecular complexity index is 595. The molecule has 4 nitrogen and oxygen atoms in total. The summed E-state index contributed by atoms with van der Waals surface area (Å²) in [5.41, 5.74) is 3.97. The summed E-state index contributed by atoms with van der Waals surface area (Å²) in [6.07, 6.45) is -3.58. The highest BCUT2D eigenvalue weighted by atomic mass is 19.4. The summed E-state index contributed by atoms with van der Waals surface area (Å²) in [6, 6.07) is 2.03. The zero-order chi connectivity index (χ0) is 14.8. The van der Waals surface area contributed by atoms with Gasteiger partial charge in [-0.3, -0.25) is 0 Å². The standard InChI is InChI=1S/C12H11F4N3O/c13-9-4-3-7(12(14,15)16)6-8(9)11-19-18-10(20-11)2-1-5-17/h3-4,6H,1-2,5,17H2. The Morgan fingerprint density at radius 2 is 1.95 bits per heavy atom. The molecule has 0 fully saturated rings. The molecule has 0 saturated carbocycles. The molecule has 1 heterocycles. The van der Waals surface area contributed by atoms with Crippen molar-refractivity contribution < 1.29 is 22.0 Å². The average molecular weight is 289 g/mol. The predicted octanol–water partition coefficient (Wildman–Crippen LogP) is 2.79. The van der Waals surface area contributed by atoms with Gasteiger partial charge in [-0.05, 0) is 31.2 Å². The second-order valence-electron chi connectivity index (χ2n) is 4.09. The summed E-state index contributed by atoms with van der Waals surface area (Å²) in [5, 5.41) is 7.20. The van der Waals surface area contributed by atoms with E-state index < -0.39 is 17.6 Å². The highest BCUT2D eigenvalue weighted by Crippen LogP contribution is 2.33. The van der Waals surface area contributed by atoms with Crippen LogP contribution in [0.15, 0.2) is 22.6 Å². The lowest BCUT2D eigenvalue weighted by Crippen LogP contribution is -2.05. The molecule has 0 aliphatic rings. The van der Waals surface area contributed by atoms with E-state index in [4.69, 9.17) is 10.2 Å². The van der Waals surface area contributed by atoms with Crippen LogP contribution in [0.5, 0.6) is 0 Å². The number of nitrogens with zero attached hydrogens (tertiary/aromatic N) is 2. The topological polar surface area (TPSA) is 64.9 Å². The molecule has 108 valence electrons. The molecule has 1 aromatic carbocycles. The van der Waals surface area contributed by atoms with Gasteiger partial charge in [-0.25, -0.2) is 4.39 Å². The number of benzene rings is 1. The van der Waals surface area contributed by atoms with Crippen LogP contribution in [-0.4, -0.2) is 16.7 Å². The van der Waals surface area contributed by atoms with Crippen molar-refractivity contribution in [2.75, 3.05) is 6.54 Å². The number of nitrogens with two attached hydrogens (primary N) is 1. The lowest BCUT2D eigenvalue weighted by Gasteiger charge is -2.07. The fourth-order valence-corrected chi connectivity index (χ4v) is 1.58. The molecule has 2 rings (SSSR count). The largest absolute Gasteiger partial charge is 0.421 e. The van der Waals surface area contributed by atoms with Gasteiger partial charge in [0.1, 0.15) is 5.82 Å². The van der Waals surface area contributed by atoms with Crippen molar-refractivity contribution in [1.82, 2.24) is 10.2 Å². The van der Waals surface area contributed by atoms with Gasteiger partial charge in [0.2, 0.25) is 5.89 Å². The van der Waals surface area contributed by atoms with Crippen molar-refractivity contribution in [3.8, 4) is 11.5 Å². The minimum absolute atomic E-state index is 0.210. The molecule has 1 aromatic heterocycles. The molecule has 0 aliphatic heterocycles. The monoisotopic (exact) mass is 289 g/mol. The minimum atomic E-state index is -4.56. The SMILES string of the molecule is NCCCc1nnc(-c2cc(C(F)(F)F)ccc2F)o1. The highest BCUT2D eigenvalue weighted by Gasteiger charge is 2.31. The van der Waals surface area contributed by atoms with Crippen molar-refractivity contribution in [2.45, 2.75) is 19.0 Å². The van der Waals surface area contributed by atoms with Gasteiger partial charge >= 0.3 is 6.18 Å². The molecule has 2 aromatic rings. The summed E-state index contributed by atoms with van der Waals surface area (Å²) < 4.78 is 56.5. The van der Waals surface area contributed by atoms with Gasteiger partial charge in [0.25, 0.3) is 5.89 Å². The molecule has 0 spiro atoms. The van der Waals surface area contributed by atoms with Crippen LogP contribution in [0.3, 0.4) is 0 Å². The van der Waals surface area contributed by atoms with E-state index in [0.717, 1.165) is 6.07 Å². The Hall–Kier alpha value is -1.96. The van der Waals surface area contributed by atoms with Crippen molar-refractivity contribution in [3.05, 3.63) is 35.5 Å². The second kappa shape index (κ2) is 5.58. The van der Waals surface area contributed by atoms with Crippen LogP contribution < -0.4 is 5.73 Å². The third-order valence-corrected chi connectivity index (χ3v) is 2.59. The van der Waals surface area contributed by atoms with E-state index in [2.05, 4.69) is 10.2 Å². The van der Waals surface area contributed by atoms with E-state index in [1.54, 1.807) is 0 Å². The summed E-state index contributed by atoms with van der Waals surface area (Å²) in [4.78, 5) is 0. The quantitative estimate of drug-likeness (QED) is 0.879. The van der Waals surface area contributed by atoms with Gasteiger partial charge in [0.05, 0.1) is 11.1 Å². The smallest absolute Gasteiger partial charge is 0.416 e. The van der Waals surface area contributed by atoms with E-state index in [-0.39, 0.29) is 17.3 Å². The first kappa shape index (κ1) is 14.4. The molecular weight excluding hydrogens is 278 g/mol. The van der Waals surface area contributed by atoms with Gasteiger partial charge in [0.15, 0.2) is 0 Å². The molecular formula is C12H11F4N3O. The van der Waals surface area contributed by atoms with E-state index >= 15 is 0 Å². The first-order valence-corrected chi connectivity index (χ1v) is 5.81. The molecule has 8 heteroatoms. The zero-order valence-electron chi connectivity index (χ0n) is 10.2. The fourth-order valence-electron chi connectivity index (χ4n) is 1.58. The zero-order valence-corrected chi connectivity index (χ0v) is 10.2. The Morgan fingerprint density at radius 1 is 1.20 bits per heavy atom. The highest BCUT2D eigenvalue weighted by molar-refractivity contribution is 5.55. The maximum absolute atomic E-state index is 13.6. The number of rotatable bonds is 4. The van der Waals surface area contributed by atoms with Gasteiger partial charge in [-0.15, -0.1) is 10.2 Å². The second-order valence-corrected chi connectivity index (χ2v) is 4.09. The molecule has 2 N–H and O–H groups in total. The summed E-state index contributed by atoms with van der Waals surface area (Å²) in [6.45, 7) is 0.412. The molecule has 0 atom stereocenters. The third-order valence-electron chi connectivity index (χ3n) is 2.59. The molecule has 0 saturated heterocycles.